The van der Waals surface area contributed by atoms with Crippen molar-refractivity contribution in [3.05, 3.63) is 69.1 Å². The lowest BCUT2D eigenvalue weighted by Crippen LogP contribution is -2.37. The summed E-state index contributed by atoms with van der Waals surface area (Å²) in [6.07, 6.45) is 1.04. The van der Waals surface area contributed by atoms with Crippen molar-refractivity contribution in [2.45, 2.75) is 13.8 Å². The molecule has 0 aliphatic heterocycles. The van der Waals surface area contributed by atoms with Crippen molar-refractivity contribution in [2.75, 3.05) is 22.4 Å². The summed E-state index contributed by atoms with van der Waals surface area (Å²) in [5, 5.41) is 15.7. The van der Waals surface area contributed by atoms with Crippen molar-refractivity contribution in [2.24, 2.45) is 0 Å². The molecule has 0 aliphatic carbocycles. The number of aromatic nitrogens is 1. The summed E-state index contributed by atoms with van der Waals surface area (Å²) in [4.78, 5) is 27.6. The molecule has 1 heterocycles. The lowest BCUT2D eigenvalue weighted by Gasteiger charge is -2.23. The molecule has 0 saturated heterocycles. The zero-order chi connectivity index (χ0) is 22.8. The minimum atomic E-state index is -3.69. The molecule has 0 atom stereocenters. The number of para-hydroxylation sites is 1. The zero-order valence-electron chi connectivity index (χ0n) is 17.0. The van der Waals surface area contributed by atoms with Gasteiger partial charge in [0.25, 0.3) is 5.69 Å². The summed E-state index contributed by atoms with van der Waals surface area (Å²) in [7, 11) is -3.69. The van der Waals surface area contributed by atoms with Crippen molar-refractivity contribution in [1.29, 1.82) is 0 Å². The number of nitro benzene ring substituents is 1. The molecule has 1 amide bonds. The van der Waals surface area contributed by atoms with Gasteiger partial charge in [0, 0.05) is 22.6 Å². The van der Waals surface area contributed by atoms with E-state index in [1.165, 1.54) is 6.07 Å². The second-order valence-electron chi connectivity index (χ2n) is 6.90. The molecule has 11 heteroatoms. The van der Waals surface area contributed by atoms with Crippen LogP contribution in [0.15, 0.2) is 47.8 Å². The van der Waals surface area contributed by atoms with Gasteiger partial charge in [-0.25, -0.2) is 13.4 Å². The molecule has 1 N–H and O–H groups in total. The van der Waals surface area contributed by atoms with E-state index in [0.29, 0.717) is 22.5 Å². The number of carbonyl (C=O) groups excluding carboxylic acids is 1. The van der Waals surface area contributed by atoms with Crippen molar-refractivity contribution in [3.63, 3.8) is 0 Å². The van der Waals surface area contributed by atoms with E-state index in [9.17, 15) is 23.3 Å². The Kier molecular flexibility index (Phi) is 6.37. The van der Waals surface area contributed by atoms with E-state index >= 15 is 0 Å². The van der Waals surface area contributed by atoms with Gasteiger partial charge < -0.3 is 5.32 Å². The normalized spacial score (nSPS) is 11.2. The van der Waals surface area contributed by atoms with Gasteiger partial charge in [-0.1, -0.05) is 30.3 Å². The van der Waals surface area contributed by atoms with Crippen LogP contribution in [0.1, 0.15) is 11.1 Å². The molecule has 3 rings (SSSR count). The van der Waals surface area contributed by atoms with E-state index in [2.05, 4.69) is 10.3 Å². The third-order valence-corrected chi connectivity index (χ3v) is 6.41. The molecule has 0 spiro atoms. The number of carbonyl (C=O) groups is 1. The first-order chi connectivity index (χ1) is 14.6. The van der Waals surface area contributed by atoms with Gasteiger partial charge in [-0.2, -0.15) is 0 Å². The standard InChI is InChI=1S/C20H20N4O5S2/c1-13-6-4-5-7-17(13)23(31(3,28)29)11-19(25)22-20-21-16(12-30-20)15-9-8-14(2)18(10-15)24(26)27/h4-10,12H,11H2,1-3H3,(H,21,22,25). The molecule has 0 saturated carbocycles. The molecule has 0 unspecified atom stereocenters. The number of anilines is 2. The summed E-state index contributed by atoms with van der Waals surface area (Å²) in [6, 6.07) is 11.7. The summed E-state index contributed by atoms with van der Waals surface area (Å²) >= 11 is 1.14. The van der Waals surface area contributed by atoms with Crippen LogP contribution >= 0.6 is 11.3 Å². The van der Waals surface area contributed by atoms with Crippen LogP contribution in [0, 0.1) is 24.0 Å². The fraction of sp³-hybridized carbons (Fsp3) is 0.200. The van der Waals surface area contributed by atoms with Crippen LogP contribution < -0.4 is 9.62 Å². The molecule has 1 aromatic heterocycles. The number of nitrogens with zero attached hydrogens (tertiary/aromatic N) is 3. The number of benzene rings is 2. The second-order valence-corrected chi connectivity index (χ2v) is 9.67. The highest BCUT2D eigenvalue weighted by Gasteiger charge is 2.23. The Morgan fingerprint density at radius 3 is 2.55 bits per heavy atom. The Bertz CT molecular complexity index is 1250. The topological polar surface area (TPSA) is 123 Å². The van der Waals surface area contributed by atoms with Gasteiger partial charge >= 0.3 is 0 Å². The maximum absolute atomic E-state index is 12.5. The van der Waals surface area contributed by atoms with Crippen LogP contribution in [0.3, 0.4) is 0 Å². The van der Waals surface area contributed by atoms with Crippen LogP contribution in [0.5, 0.6) is 0 Å². The number of amides is 1. The lowest BCUT2D eigenvalue weighted by atomic mass is 10.1. The minimum absolute atomic E-state index is 0.0156. The van der Waals surface area contributed by atoms with E-state index in [1.807, 2.05) is 0 Å². The third-order valence-electron chi connectivity index (χ3n) is 4.52. The molecule has 0 bridgehead atoms. The SMILES string of the molecule is Cc1ccccc1N(CC(=O)Nc1nc(-c2ccc(C)c([N+](=O)[O-])c2)cs1)S(C)(=O)=O. The molecule has 2 aromatic carbocycles. The predicted octanol–water partition coefficient (Wildman–Crippen LogP) is 3.74. The molecule has 0 radical (unpaired) electrons. The van der Waals surface area contributed by atoms with E-state index in [4.69, 9.17) is 0 Å². The lowest BCUT2D eigenvalue weighted by molar-refractivity contribution is -0.385. The number of thiazole rings is 1. The Morgan fingerprint density at radius 2 is 1.90 bits per heavy atom. The predicted molar refractivity (Wildman–Crippen MR) is 121 cm³/mol. The number of aryl methyl sites for hydroxylation is 2. The first-order valence-corrected chi connectivity index (χ1v) is 11.8. The van der Waals surface area contributed by atoms with Gasteiger partial charge in [0.05, 0.1) is 22.6 Å². The Morgan fingerprint density at radius 1 is 1.19 bits per heavy atom. The van der Waals surface area contributed by atoms with Gasteiger partial charge in [-0.3, -0.25) is 19.2 Å². The van der Waals surface area contributed by atoms with Crippen molar-refractivity contribution < 1.29 is 18.1 Å². The Labute approximate surface area is 183 Å². The number of nitro groups is 1. The van der Waals surface area contributed by atoms with Crippen LogP contribution in [-0.4, -0.2) is 37.0 Å². The maximum atomic E-state index is 12.5. The molecule has 31 heavy (non-hydrogen) atoms. The summed E-state index contributed by atoms with van der Waals surface area (Å²) in [5.41, 5.74) is 2.69. The van der Waals surface area contributed by atoms with E-state index < -0.39 is 27.4 Å². The van der Waals surface area contributed by atoms with Crippen molar-refractivity contribution in [1.82, 2.24) is 4.98 Å². The number of nitrogens with one attached hydrogen (secondary N) is 1. The van der Waals surface area contributed by atoms with Gasteiger partial charge in [0.1, 0.15) is 6.54 Å². The zero-order valence-corrected chi connectivity index (χ0v) is 18.7. The van der Waals surface area contributed by atoms with E-state index in [0.717, 1.165) is 27.5 Å². The second kappa shape index (κ2) is 8.82. The number of rotatable bonds is 7. The molecular formula is C20H20N4O5S2. The Hall–Kier alpha value is -3.31. The van der Waals surface area contributed by atoms with Gasteiger partial charge in [-0.15, -0.1) is 11.3 Å². The average Bonchev–Trinajstić information content (AvgIpc) is 3.14. The summed E-state index contributed by atoms with van der Waals surface area (Å²) in [5.74, 6) is -0.551. The Balaban J connectivity index is 1.79. The minimum Gasteiger partial charge on any atom is -0.300 e. The molecule has 162 valence electrons. The van der Waals surface area contributed by atoms with Crippen LogP contribution in [-0.2, 0) is 14.8 Å². The highest BCUT2D eigenvalue weighted by molar-refractivity contribution is 7.92. The van der Waals surface area contributed by atoms with Gasteiger partial charge in [0.2, 0.25) is 15.9 Å². The molecule has 0 fully saturated rings. The fourth-order valence-corrected chi connectivity index (χ4v) is 4.59. The molecule has 0 aliphatic rings. The highest BCUT2D eigenvalue weighted by Crippen LogP contribution is 2.29. The molecule has 3 aromatic rings. The molecular weight excluding hydrogens is 440 g/mol. The smallest absolute Gasteiger partial charge is 0.272 e. The number of hydrogen-bond donors (Lipinski definition) is 1. The van der Waals surface area contributed by atoms with E-state index in [1.54, 1.807) is 55.6 Å². The fourth-order valence-electron chi connectivity index (χ4n) is 2.94. The van der Waals surface area contributed by atoms with Crippen molar-refractivity contribution >= 4 is 43.8 Å². The summed E-state index contributed by atoms with van der Waals surface area (Å²) < 4.78 is 25.5. The maximum Gasteiger partial charge on any atom is 0.272 e. The first kappa shape index (κ1) is 22.4. The largest absolute Gasteiger partial charge is 0.300 e. The average molecular weight is 461 g/mol. The van der Waals surface area contributed by atoms with Gasteiger partial charge in [0.15, 0.2) is 5.13 Å². The summed E-state index contributed by atoms with van der Waals surface area (Å²) in [6.45, 7) is 3.00. The monoisotopic (exact) mass is 460 g/mol. The quantitative estimate of drug-likeness (QED) is 0.423. The first-order valence-electron chi connectivity index (χ1n) is 9.10. The third kappa shape index (κ3) is 5.25. The van der Waals surface area contributed by atoms with E-state index in [-0.39, 0.29) is 10.8 Å². The highest BCUT2D eigenvalue weighted by atomic mass is 32.2. The number of sulfonamides is 1. The molecule has 9 nitrogen and oxygen atoms in total. The van der Waals surface area contributed by atoms with Crippen LogP contribution in [0.4, 0.5) is 16.5 Å². The van der Waals surface area contributed by atoms with Gasteiger partial charge in [-0.05, 0) is 25.5 Å². The van der Waals surface area contributed by atoms with Crippen molar-refractivity contribution in [3.8, 4) is 11.3 Å². The van der Waals surface area contributed by atoms with Crippen LogP contribution in [0.25, 0.3) is 11.3 Å². The number of hydrogen-bond acceptors (Lipinski definition) is 7. The van der Waals surface area contributed by atoms with Crippen LogP contribution in [0.2, 0.25) is 0 Å².